The zero-order chi connectivity index (χ0) is 16.5. The first-order valence-electron chi connectivity index (χ1n) is 8.77. The van der Waals surface area contributed by atoms with E-state index in [1.165, 1.54) is 5.69 Å². The molecule has 0 radical (unpaired) electrons. The van der Waals surface area contributed by atoms with E-state index in [1.807, 2.05) is 25.3 Å². The van der Waals surface area contributed by atoms with Crippen LogP contribution in [0, 0.1) is 12.8 Å². The van der Waals surface area contributed by atoms with Crippen molar-refractivity contribution in [3.63, 3.8) is 0 Å². The number of fused-ring (bicyclic) bond motifs is 1. The fraction of sp³-hybridized carbons (Fsp3) is 0.556. The van der Waals surface area contributed by atoms with Crippen LogP contribution in [0.4, 0.5) is 0 Å². The topological polar surface area (TPSA) is 63.3 Å². The van der Waals surface area contributed by atoms with Gasteiger partial charge in [0.2, 0.25) is 5.91 Å². The predicted octanol–water partition coefficient (Wildman–Crippen LogP) is 2.26. The van der Waals surface area contributed by atoms with Crippen LogP contribution in [0.25, 0.3) is 0 Å². The molecule has 128 valence electrons. The lowest BCUT2D eigenvalue weighted by atomic mass is 10.1. The zero-order valence-electron chi connectivity index (χ0n) is 14.1. The van der Waals surface area contributed by atoms with Gasteiger partial charge in [-0.1, -0.05) is 0 Å². The highest BCUT2D eigenvalue weighted by Crippen LogP contribution is 2.29. The molecule has 4 rings (SSSR count). The monoisotopic (exact) mass is 328 g/mol. The van der Waals surface area contributed by atoms with E-state index in [2.05, 4.69) is 26.1 Å². The highest BCUT2D eigenvalue weighted by atomic mass is 16.3. The fourth-order valence-corrected chi connectivity index (χ4v) is 3.44. The molecule has 0 bridgehead atoms. The number of aromatic nitrogens is 2. The van der Waals surface area contributed by atoms with E-state index >= 15 is 0 Å². The molecule has 1 atom stereocenters. The Labute approximate surface area is 141 Å². The van der Waals surface area contributed by atoms with E-state index < -0.39 is 0 Å². The van der Waals surface area contributed by atoms with Crippen LogP contribution < -0.4 is 5.32 Å². The van der Waals surface area contributed by atoms with Gasteiger partial charge in [-0.3, -0.25) is 14.4 Å². The summed E-state index contributed by atoms with van der Waals surface area (Å²) >= 11 is 0. The van der Waals surface area contributed by atoms with E-state index in [9.17, 15) is 4.79 Å². The van der Waals surface area contributed by atoms with Gasteiger partial charge < -0.3 is 9.73 Å². The second kappa shape index (κ2) is 6.43. The lowest BCUT2D eigenvalue weighted by Crippen LogP contribution is -2.39. The average molecular weight is 328 g/mol. The van der Waals surface area contributed by atoms with Crippen molar-refractivity contribution in [3.8, 4) is 0 Å². The van der Waals surface area contributed by atoms with Crippen LogP contribution in [0.1, 0.15) is 42.5 Å². The summed E-state index contributed by atoms with van der Waals surface area (Å²) in [5.41, 5.74) is 1.23. The van der Waals surface area contributed by atoms with Gasteiger partial charge in [0.05, 0.1) is 18.3 Å². The van der Waals surface area contributed by atoms with Crippen LogP contribution in [0.5, 0.6) is 0 Å². The molecule has 1 aliphatic heterocycles. The number of carbonyl (C=O) groups excluding carboxylic acids is 1. The molecule has 1 fully saturated rings. The predicted molar refractivity (Wildman–Crippen MR) is 89.2 cm³/mol. The summed E-state index contributed by atoms with van der Waals surface area (Å²) in [4.78, 5) is 14.2. The molecular weight excluding hydrogens is 304 g/mol. The van der Waals surface area contributed by atoms with Crippen LogP contribution in [0.3, 0.4) is 0 Å². The fourth-order valence-electron chi connectivity index (χ4n) is 3.44. The smallest absolute Gasteiger partial charge is 0.223 e. The number of amides is 1. The number of nitrogens with one attached hydrogen (secondary N) is 1. The van der Waals surface area contributed by atoms with Crippen LogP contribution in [0.15, 0.2) is 28.8 Å². The first kappa shape index (κ1) is 15.4. The second-order valence-corrected chi connectivity index (χ2v) is 6.96. The Morgan fingerprint density at radius 1 is 1.38 bits per heavy atom. The summed E-state index contributed by atoms with van der Waals surface area (Å²) in [6.07, 6.45) is 4.87. The lowest BCUT2D eigenvalue weighted by Gasteiger charge is -2.33. The molecular formula is C18H24N4O2. The second-order valence-electron chi connectivity index (χ2n) is 6.96. The summed E-state index contributed by atoms with van der Waals surface area (Å²) in [6.45, 7) is 5.30. The Kier molecular flexibility index (Phi) is 4.14. The van der Waals surface area contributed by atoms with E-state index in [0.29, 0.717) is 12.6 Å². The minimum Gasteiger partial charge on any atom is -0.465 e. The molecule has 1 amide bonds. The molecule has 0 aromatic carbocycles. The maximum Gasteiger partial charge on any atom is 0.223 e. The molecule has 2 aliphatic rings. The van der Waals surface area contributed by atoms with Crippen molar-refractivity contribution >= 4 is 5.91 Å². The molecule has 2 aromatic heterocycles. The van der Waals surface area contributed by atoms with Gasteiger partial charge in [-0.2, -0.15) is 5.10 Å². The zero-order valence-corrected chi connectivity index (χ0v) is 14.1. The van der Waals surface area contributed by atoms with Crippen molar-refractivity contribution in [3.05, 3.63) is 41.6 Å². The number of rotatable bonds is 6. The Hall–Kier alpha value is -2.08. The molecule has 6 nitrogen and oxygen atoms in total. The maximum atomic E-state index is 11.8. The third-order valence-corrected chi connectivity index (χ3v) is 4.85. The normalized spacial score (nSPS) is 20.8. The number of hydrogen-bond donors (Lipinski definition) is 1. The minimum atomic E-state index is 0.217. The van der Waals surface area contributed by atoms with Crippen molar-refractivity contribution in [2.45, 2.75) is 45.3 Å². The number of carbonyl (C=O) groups is 1. The minimum absolute atomic E-state index is 0.217. The van der Waals surface area contributed by atoms with Crippen molar-refractivity contribution in [1.82, 2.24) is 20.0 Å². The highest BCUT2D eigenvalue weighted by Gasteiger charge is 2.30. The van der Waals surface area contributed by atoms with E-state index in [4.69, 9.17) is 4.42 Å². The van der Waals surface area contributed by atoms with Crippen molar-refractivity contribution in [2.75, 3.05) is 13.1 Å². The largest absolute Gasteiger partial charge is 0.465 e. The summed E-state index contributed by atoms with van der Waals surface area (Å²) in [5, 5.41) is 7.55. The molecule has 0 unspecified atom stereocenters. The molecule has 0 saturated heterocycles. The van der Waals surface area contributed by atoms with E-state index in [0.717, 1.165) is 50.4 Å². The number of furan rings is 1. The SMILES string of the molecule is Cc1ccc(CN2Cc3ccnn3[C@@H](CCNC(=O)C3CC3)C2)o1. The molecule has 2 aromatic rings. The molecule has 1 N–H and O–H groups in total. The maximum absolute atomic E-state index is 11.8. The van der Waals surface area contributed by atoms with Gasteiger partial charge in [0.15, 0.2) is 0 Å². The Bertz CT molecular complexity index is 716. The molecule has 1 saturated carbocycles. The van der Waals surface area contributed by atoms with Gasteiger partial charge in [0, 0.05) is 31.7 Å². The van der Waals surface area contributed by atoms with Crippen LogP contribution in [-0.2, 0) is 17.9 Å². The number of hydrogen-bond acceptors (Lipinski definition) is 4. The first-order chi connectivity index (χ1) is 11.7. The number of nitrogens with zero attached hydrogens (tertiary/aromatic N) is 3. The van der Waals surface area contributed by atoms with Gasteiger partial charge in [-0.05, 0) is 44.4 Å². The third-order valence-electron chi connectivity index (χ3n) is 4.85. The van der Waals surface area contributed by atoms with Gasteiger partial charge in [-0.25, -0.2) is 0 Å². The molecule has 1 aliphatic carbocycles. The van der Waals surface area contributed by atoms with Crippen LogP contribution in [0.2, 0.25) is 0 Å². The van der Waals surface area contributed by atoms with Gasteiger partial charge in [0.25, 0.3) is 0 Å². The molecule has 6 heteroatoms. The highest BCUT2D eigenvalue weighted by molar-refractivity contribution is 5.80. The third kappa shape index (κ3) is 3.38. The van der Waals surface area contributed by atoms with Crippen molar-refractivity contribution in [2.24, 2.45) is 5.92 Å². The molecule has 0 spiro atoms. The summed E-state index contributed by atoms with van der Waals surface area (Å²) in [5.74, 6) is 2.44. The van der Waals surface area contributed by atoms with Gasteiger partial charge >= 0.3 is 0 Å². The number of aryl methyl sites for hydroxylation is 1. The molecule has 3 heterocycles. The van der Waals surface area contributed by atoms with Crippen LogP contribution in [-0.4, -0.2) is 33.7 Å². The Morgan fingerprint density at radius 2 is 2.25 bits per heavy atom. The van der Waals surface area contributed by atoms with Gasteiger partial charge in [0.1, 0.15) is 11.5 Å². The first-order valence-corrected chi connectivity index (χ1v) is 8.77. The lowest BCUT2D eigenvalue weighted by molar-refractivity contribution is -0.122. The Balaban J connectivity index is 1.38. The van der Waals surface area contributed by atoms with E-state index in [-0.39, 0.29) is 11.8 Å². The summed E-state index contributed by atoms with van der Waals surface area (Å²) in [7, 11) is 0. The Morgan fingerprint density at radius 3 is 3.00 bits per heavy atom. The molecule has 24 heavy (non-hydrogen) atoms. The van der Waals surface area contributed by atoms with Crippen molar-refractivity contribution < 1.29 is 9.21 Å². The van der Waals surface area contributed by atoms with Gasteiger partial charge in [-0.15, -0.1) is 0 Å². The summed E-state index contributed by atoms with van der Waals surface area (Å²) < 4.78 is 7.83. The van der Waals surface area contributed by atoms with E-state index in [1.54, 1.807) is 0 Å². The summed E-state index contributed by atoms with van der Waals surface area (Å²) in [6, 6.07) is 6.43. The standard InChI is InChI=1S/C18H24N4O2/c1-13-2-5-17(24-13)12-21-10-15(22-16(11-21)7-9-20-22)6-8-19-18(23)14-3-4-14/h2,5,7,9,14-15H,3-4,6,8,10-12H2,1H3,(H,19,23)/t15-/m0/s1. The quantitative estimate of drug-likeness (QED) is 0.883. The van der Waals surface area contributed by atoms with Crippen LogP contribution >= 0.6 is 0 Å². The average Bonchev–Trinajstić information content (AvgIpc) is 3.18. The van der Waals surface area contributed by atoms with Crippen molar-refractivity contribution in [1.29, 1.82) is 0 Å².